The van der Waals surface area contributed by atoms with Gasteiger partial charge in [-0.2, -0.15) is 0 Å². The molecule has 112 valence electrons. The Morgan fingerprint density at radius 2 is 2.14 bits per heavy atom. The van der Waals surface area contributed by atoms with Crippen LogP contribution < -0.4 is 16.6 Å². The number of halogens is 1. The van der Waals surface area contributed by atoms with Crippen molar-refractivity contribution in [2.24, 2.45) is 7.05 Å². The molecule has 6 heteroatoms. The zero-order valence-corrected chi connectivity index (χ0v) is 12.7. The SMILES string of the molecule is Cn1c(=O)n(CC2CCCCN2)c(=O)c2c(Cl)cccc21. The van der Waals surface area contributed by atoms with E-state index in [-0.39, 0.29) is 17.3 Å². The van der Waals surface area contributed by atoms with Crippen LogP contribution in [0.3, 0.4) is 0 Å². The van der Waals surface area contributed by atoms with Gasteiger partial charge >= 0.3 is 5.69 Å². The van der Waals surface area contributed by atoms with Crippen LogP contribution in [0.25, 0.3) is 10.9 Å². The first-order valence-corrected chi connectivity index (χ1v) is 7.59. The number of fused-ring (bicyclic) bond motifs is 1. The van der Waals surface area contributed by atoms with E-state index in [1.165, 1.54) is 9.13 Å². The summed E-state index contributed by atoms with van der Waals surface area (Å²) in [7, 11) is 1.67. The number of rotatable bonds is 2. The van der Waals surface area contributed by atoms with Crippen LogP contribution in [0.1, 0.15) is 19.3 Å². The molecule has 5 nitrogen and oxygen atoms in total. The van der Waals surface area contributed by atoms with E-state index in [4.69, 9.17) is 11.6 Å². The fourth-order valence-electron chi connectivity index (χ4n) is 2.97. The number of nitrogens with one attached hydrogen (secondary N) is 1. The molecule has 0 saturated carbocycles. The van der Waals surface area contributed by atoms with Gasteiger partial charge in [0.15, 0.2) is 0 Å². The Morgan fingerprint density at radius 1 is 1.33 bits per heavy atom. The van der Waals surface area contributed by atoms with Gasteiger partial charge in [-0.25, -0.2) is 4.79 Å². The van der Waals surface area contributed by atoms with E-state index < -0.39 is 0 Å². The molecule has 1 aromatic heterocycles. The van der Waals surface area contributed by atoms with Gasteiger partial charge in [0.05, 0.1) is 15.9 Å². The Balaban J connectivity index is 2.16. The average molecular weight is 308 g/mol. The lowest BCUT2D eigenvalue weighted by Gasteiger charge is -2.24. The predicted octanol–water partition coefficient (Wildman–Crippen LogP) is 1.50. The highest BCUT2D eigenvalue weighted by molar-refractivity contribution is 6.35. The number of hydrogen-bond donors (Lipinski definition) is 1. The van der Waals surface area contributed by atoms with Crippen molar-refractivity contribution in [3.8, 4) is 0 Å². The normalized spacial score (nSPS) is 19.0. The molecule has 3 rings (SSSR count). The summed E-state index contributed by atoms with van der Waals surface area (Å²) in [4.78, 5) is 25.1. The summed E-state index contributed by atoms with van der Waals surface area (Å²) in [6, 6.07) is 5.34. The molecule has 1 unspecified atom stereocenters. The molecule has 2 heterocycles. The minimum atomic E-state index is -0.300. The molecule has 1 fully saturated rings. The monoisotopic (exact) mass is 307 g/mol. The van der Waals surface area contributed by atoms with Crippen molar-refractivity contribution in [1.82, 2.24) is 14.5 Å². The average Bonchev–Trinajstić information content (AvgIpc) is 2.50. The third kappa shape index (κ3) is 2.51. The van der Waals surface area contributed by atoms with Crippen LogP contribution in [0.15, 0.2) is 27.8 Å². The molecule has 0 spiro atoms. The lowest BCUT2D eigenvalue weighted by atomic mass is 10.1. The Kier molecular flexibility index (Phi) is 3.87. The topological polar surface area (TPSA) is 56.0 Å². The van der Waals surface area contributed by atoms with E-state index in [1.807, 2.05) is 0 Å². The van der Waals surface area contributed by atoms with Gasteiger partial charge in [-0.15, -0.1) is 0 Å². The van der Waals surface area contributed by atoms with Gasteiger partial charge in [-0.05, 0) is 31.5 Å². The Morgan fingerprint density at radius 3 is 2.86 bits per heavy atom. The first-order valence-electron chi connectivity index (χ1n) is 7.21. The second-order valence-electron chi connectivity index (χ2n) is 5.54. The van der Waals surface area contributed by atoms with E-state index in [1.54, 1.807) is 25.2 Å². The van der Waals surface area contributed by atoms with Gasteiger partial charge < -0.3 is 5.32 Å². The fraction of sp³-hybridized carbons (Fsp3) is 0.467. The molecule has 0 amide bonds. The molecule has 0 aliphatic carbocycles. The molecule has 1 aliphatic heterocycles. The van der Waals surface area contributed by atoms with E-state index in [0.29, 0.717) is 22.5 Å². The van der Waals surface area contributed by atoms with Crippen molar-refractivity contribution in [2.45, 2.75) is 31.8 Å². The highest BCUT2D eigenvalue weighted by Gasteiger charge is 2.18. The second kappa shape index (κ2) is 5.66. The molecule has 1 atom stereocenters. The van der Waals surface area contributed by atoms with E-state index in [0.717, 1.165) is 25.8 Å². The van der Waals surface area contributed by atoms with Gasteiger partial charge in [-0.3, -0.25) is 13.9 Å². The maximum atomic E-state index is 12.6. The quantitative estimate of drug-likeness (QED) is 0.914. The maximum Gasteiger partial charge on any atom is 0.331 e. The van der Waals surface area contributed by atoms with Crippen LogP contribution in [0, 0.1) is 0 Å². The summed E-state index contributed by atoms with van der Waals surface area (Å²) in [5.41, 5.74) is -0.0152. The standard InChI is InChI=1S/C15H18ClN3O2/c1-18-12-7-4-6-11(16)13(12)14(20)19(15(18)21)9-10-5-2-3-8-17-10/h4,6-7,10,17H,2-3,5,8-9H2,1H3. The Labute approximate surface area is 127 Å². The van der Waals surface area contributed by atoms with E-state index in [9.17, 15) is 9.59 Å². The third-order valence-electron chi connectivity index (χ3n) is 4.15. The molecule has 1 aliphatic rings. The molecule has 2 aromatic rings. The molecule has 1 N–H and O–H groups in total. The molecule has 1 saturated heterocycles. The summed E-state index contributed by atoms with van der Waals surface area (Å²) < 4.78 is 2.79. The third-order valence-corrected chi connectivity index (χ3v) is 4.46. The number of hydrogen-bond acceptors (Lipinski definition) is 3. The van der Waals surface area contributed by atoms with Crippen LogP contribution in [-0.4, -0.2) is 21.7 Å². The van der Waals surface area contributed by atoms with Crippen molar-refractivity contribution in [2.75, 3.05) is 6.54 Å². The first kappa shape index (κ1) is 14.4. The maximum absolute atomic E-state index is 12.6. The zero-order valence-electron chi connectivity index (χ0n) is 11.9. The second-order valence-corrected chi connectivity index (χ2v) is 5.95. The van der Waals surface area contributed by atoms with Crippen molar-refractivity contribution in [3.63, 3.8) is 0 Å². The summed E-state index contributed by atoms with van der Waals surface area (Å²) >= 11 is 6.16. The predicted molar refractivity (Wildman–Crippen MR) is 84.1 cm³/mol. The molecule has 0 bridgehead atoms. The summed E-state index contributed by atoms with van der Waals surface area (Å²) in [5, 5.41) is 4.16. The lowest BCUT2D eigenvalue weighted by molar-refractivity contribution is 0.353. The molecular formula is C15H18ClN3O2. The van der Waals surface area contributed by atoms with E-state index >= 15 is 0 Å². The van der Waals surface area contributed by atoms with Crippen LogP contribution in [0.2, 0.25) is 5.02 Å². The molecule has 0 radical (unpaired) electrons. The van der Waals surface area contributed by atoms with Crippen LogP contribution in [0.4, 0.5) is 0 Å². The van der Waals surface area contributed by atoms with E-state index in [2.05, 4.69) is 5.32 Å². The minimum Gasteiger partial charge on any atom is -0.312 e. The van der Waals surface area contributed by atoms with Crippen molar-refractivity contribution in [3.05, 3.63) is 44.1 Å². The summed E-state index contributed by atoms with van der Waals surface area (Å²) in [6.07, 6.45) is 3.25. The number of nitrogens with zero attached hydrogens (tertiary/aromatic N) is 2. The van der Waals surface area contributed by atoms with Gasteiger partial charge in [0.1, 0.15) is 0 Å². The fourth-order valence-corrected chi connectivity index (χ4v) is 3.22. The van der Waals surface area contributed by atoms with Gasteiger partial charge in [0.2, 0.25) is 0 Å². The minimum absolute atomic E-state index is 0.170. The van der Waals surface area contributed by atoms with Crippen LogP contribution >= 0.6 is 11.6 Å². The molecular weight excluding hydrogens is 290 g/mol. The zero-order chi connectivity index (χ0) is 15.0. The highest BCUT2D eigenvalue weighted by Crippen LogP contribution is 2.18. The van der Waals surface area contributed by atoms with Gasteiger partial charge in [0, 0.05) is 19.6 Å². The number of piperidine rings is 1. The number of benzene rings is 1. The van der Waals surface area contributed by atoms with Gasteiger partial charge in [-0.1, -0.05) is 24.1 Å². The van der Waals surface area contributed by atoms with Gasteiger partial charge in [0.25, 0.3) is 5.56 Å². The van der Waals surface area contributed by atoms with Crippen molar-refractivity contribution >= 4 is 22.5 Å². The summed E-state index contributed by atoms with van der Waals surface area (Å²) in [5.74, 6) is 0. The van der Waals surface area contributed by atoms with Crippen LogP contribution in [0.5, 0.6) is 0 Å². The first-order chi connectivity index (χ1) is 10.1. The highest BCUT2D eigenvalue weighted by atomic mass is 35.5. The summed E-state index contributed by atoms with van der Waals surface area (Å²) in [6.45, 7) is 1.33. The van der Waals surface area contributed by atoms with Crippen LogP contribution in [-0.2, 0) is 13.6 Å². The Hall–Kier alpha value is -1.59. The number of aryl methyl sites for hydroxylation is 1. The largest absolute Gasteiger partial charge is 0.331 e. The van der Waals surface area contributed by atoms with Crippen molar-refractivity contribution in [1.29, 1.82) is 0 Å². The lowest BCUT2D eigenvalue weighted by Crippen LogP contribution is -2.46. The smallest absolute Gasteiger partial charge is 0.312 e. The Bertz CT molecular complexity index is 788. The number of aromatic nitrogens is 2. The molecule has 1 aromatic carbocycles. The van der Waals surface area contributed by atoms with Crippen molar-refractivity contribution < 1.29 is 0 Å². The molecule has 21 heavy (non-hydrogen) atoms.